The molecule has 2 aromatic rings. The van der Waals surface area contributed by atoms with Crippen molar-refractivity contribution < 1.29 is 9.29 Å². The Morgan fingerprint density at radius 2 is 1.67 bits per heavy atom. The van der Waals surface area contributed by atoms with Gasteiger partial charge in [0.15, 0.2) is 4.90 Å². The van der Waals surface area contributed by atoms with Gasteiger partial charge in [-0.3, -0.25) is 0 Å². The number of halogens is 1. The summed E-state index contributed by atoms with van der Waals surface area (Å²) in [5.41, 5.74) is 0. The molecule has 2 aromatic carbocycles. The van der Waals surface area contributed by atoms with Crippen LogP contribution in [0.4, 0.5) is 0 Å². The molecule has 2 nitrogen and oxygen atoms in total. The Kier molecular flexibility index (Phi) is 4.83. The summed E-state index contributed by atoms with van der Waals surface area (Å²) in [5.74, 6) is 0.789. The maximum Gasteiger partial charge on any atom is 0.166 e. The number of methoxy groups -OCH3 is 1. The first kappa shape index (κ1) is 13.6. The first-order valence-corrected chi connectivity index (χ1v) is 8.05. The Balaban J connectivity index is 2.05. The molecule has 0 N–H and O–H groups in total. The van der Waals surface area contributed by atoms with E-state index in [1.807, 2.05) is 24.3 Å². The normalized spacial score (nSPS) is 12.2. The quantitative estimate of drug-likeness (QED) is 0.627. The topological polar surface area (TPSA) is 32.3 Å². The summed E-state index contributed by atoms with van der Waals surface area (Å²) in [6.45, 7) is 0. The monoisotopic (exact) mass is 298 g/mol. The summed E-state index contributed by atoms with van der Waals surface area (Å²) in [7, 11) is 1.78. The smallest absolute Gasteiger partial charge is 0.166 e. The SMILES string of the molecule is COc1ccc(S[S+]([O-])c2ccc(Cl)cc2)cc1. The molecule has 0 aliphatic heterocycles. The number of hydrogen-bond donors (Lipinski definition) is 0. The molecular formula is C13H11ClO2S2. The maximum absolute atomic E-state index is 12.1. The minimum atomic E-state index is -1.13. The summed E-state index contributed by atoms with van der Waals surface area (Å²) < 4.78 is 17.2. The fourth-order valence-electron chi connectivity index (χ4n) is 1.31. The second-order valence-corrected chi connectivity index (χ2v) is 6.87. The van der Waals surface area contributed by atoms with Crippen LogP contribution in [0.3, 0.4) is 0 Å². The van der Waals surface area contributed by atoms with Crippen molar-refractivity contribution in [3.63, 3.8) is 0 Å². The molecule has 2 rings (SSSR count). The second-order valence-electron chi connectivity index (χ2n) is 3.45. The van der Waals surface area contributed by atoms with Gasteiger partial charge in [-0.1, -0.05) is 11.6 Å². The molecule has 1 unspecified atom stereocenters. The van der Waals surface area contributed by atoms with Crippen molar-refractivity contribution in [1.82, 2.24) is 0 Å². The highest BCUT2D eigenvalue weighted by Crippen LogP contribution is 2.32. The predicted octanol–water partition coefficient (Wildman–Crippen LogP) is 4.16. The van der Waals surface area contributed by atoms with E-state index < -0.39 is 10.2 Å². The third-order valence-electron chi connectivity index (χ3n) is 2.24. The van der Waals surface area contributed by atoms with E-state index >= 15 is 0 Å². The van der Waals surface area contributed by atoms with Gasteiger partial charge in [0, 0.05) is 5.02 Å². The standard InChI is InChI=1S/C13H11ClO2S2/c1-16-11-4-6-12(7-5-11)17-18(15)13-8-2-10(14)3-9-13/h2-9H,1H3. The molecule has 1 atom stereocenters. The Labute approximate surface area is 118 Å². The van der Waals surface area contributed by atoms with Gasteiger partial charge in [0.1, 0.15) is 16.5 Å². The van der Waals surface area contributed by atoms with E-state index in [1.165, 1.54) is 10.8 Å². The molecule has 0 saturated heterocycles. The van der Waals surface area contributed by atoms with Crippen LogP contribution in [0.15, 0.2) is 58.3 Å². The molecule has 0 heterocycles. The van der Waals surface area contributed by atoms with Gasteiger partial charge < -0.3 is 9.29 Å². The lowest BCUT2D eigenvalue weighted by Crippen LogP contribution is -1.94. The van der Waals surface area contributed by atoms with Crippen molar-refractivity contribution in [3.8, 4) is 5.75 Å². The molecule has 0 aliphatic carbocycles. The van der Waals surface area contributed by atoms with Crippen LogP contribution < -0.4 is 4.74 Å². The van der Waals surface area contributed by atoms with Crippen LogP contribution in [0, 0.1) is 0 Å². The lowest BCUT2D eigenvalue weighted by atomic mass is 10.3. The van der Waals surface area contributed by atoms with E-state index in [4.69, 9.17) is 16.3 Å². The maximum atomic E-state index is 12.1. The summed E-state index contributed by atoms with van der Waals surface area (Å²) in [6, 6.07) is 14.5. The van der Waals surface area contributed by atoms with E-state index in [0.717, 1.165) is 15.5 Å². The van der Waals surface area contributed by atoms with Gasteiger partial charge in [-0.25, -0.2) is 0 Å². The van der Waals surface area contributed by atoms with Crippen molar-refractivity contribution in [2.75, 3.05) is 7.11 Å². The summed E-state index contributed by atoms with van der Waals surface area (Å²) in [6.07, 6.45) is 0. The van der Waals surface area contributed by atoms with Gasteiger partial charge in [-0.05, 0) is 48.5 Å². The summed E-state index contributed by atoms with van der Waals surface area (Å²) in [5, 5.41) is 0.644. The van der Waals surface area contributed by atoms with Crippen LogP contribution in [0.2, 0.25) is 5.02 Å². The van der Waals surface area contributed by atoms with Gasteiger partial charge in [-0.2, -0.15) is 0 Å². The molecule has 94 valence electrons. The van der Waals surface area contributed by atoms with Crippen LogP contribution in [0.1, 0.15) is 0 Å². The minimum Gasteiger partial charge on any atom is -0.600 e. The average molecular weight is 299 g/mol. The lowest BCUT2D eigenvalue weighted by Gasteiger charge is -2.08. The highest BCUT2D eigenvalue weighted by atomic mass is 35.5. The molecule has 0 amide bonds. The van der Waals surface area contributed by atoms with E-state index in [-0.39, 0.29) is 0 Å². The zero-order valence-electron chi connectivity index (χ0n) is 9.63. The Hall–Kier alpha value is -0.810. The van der Waals surface area contributed by atoms with E-state index in [1.54, 1.807) is 31.4 Å². The average Bonchev–Trinajstić information content (AvgIpc) is 2.40. The molecule has 0 aromatic heterocycles. The second kappa shape index (κ2) is 6.38. The van der Waals surface area contributed by atoms with Crippen LogP contribution in [-0.2, 0) is 10.2 Å². The van der Waals surface area contributed by atoms with Crippen LogP contribution >= 0.6 is 22.4 Å². The van der Waals surface area contributed by atoms with Crippen LogP contribution in [0.5, 0.6) is 5.75 Å². The van der Waals surface area contributed by atoms with Crippen molar-refractivity contribution in [2.45, 2.75) is 9.79 Å². The number of benzene rings is 2. The molecule has 18 heavy (non-hydrogen) atoms. The molecule has 0 fully saturated rings. The zero-order valence-corrected chi connectivity index (χ0v) is 12.0. The largest absolute Gasteiger partial charge is 0.600 e. The van der Waals surface area contributed by atoms with Crippen LogP contribution in [0.25, 0.3) is 0 Å². The van der Waals surface area contributed by atoms with Gasteiger partial charge in [-0.15, -0.1) is 0 Å². The Morgan fingerprint density at radius 1 is 1.06 bits per heavy atom. The fourth-order valence-corrected chi connectivity index (χ4v) is 3.79. The number of ether oxygens (including phenoxy) is 1. The molecular weight excluding hydrogens is 288 g/mol. The van der Waals surface area contributed by atoms with E-state index in [9.17, 15) is 4.55 Å². The zero-order chi connectivity index (χ0) is 13.0. The molecule has 0 spiro atoms. The highest BCUT2D eigenvalue weighted by molar-refractivity contribution is 8.72. The molecule has 5 heteroatoms. The first-order chi connectivity index (χ1) is 8.69. The van der Waals surface area contributed by atoms with Gasteiger partial charge in [0.05, 0.1) is 22.2 Å². The van der Waals surface area contributed by atoms with Crippen molar-refractivity contribution >= 4 is 32.6 Å². The Bertz CT molecular complexity index is 499. The van der Waals surface area contributed by atoms with Gasteiger partial charge in [0.25, 0.3) is 0 Å². The summed E-state index contributed by atoms with van der Waals surface area (Å²) in [4.78, 5) is 1.68. The molecule has 0 bridgehead atoms. The van der Waals surface area contributed by atoms with Crippen molar-refractivity contribution in [1.29, 1.82) is 0 Å². The lowest BCUT2D eigenvalue weighted by molar-refractivity contribution is 0.414. The van der Waals surface area contributed by atoms with E-state index in [2.05, 4.69) is 0 Å². The Morgan fingerprint density at radius 3 is 2.22 bits per heavy atom. The summed E-state index contributed by atoms with van der Waals surface area (Å²) >= 11 is 5.79. The number of hydrogen-bond acceptors (Lipinski definition) is 3. The molecule has 0 saturated carbocycles. The molecule has 0 radical (unpaired) electrons. The van der Waals surface area contributed by atoms with Crippen LogP contribution in [-0.4, -0.2) is 11.7 Å². The minimum absolute atomic E-state index is 0.644. The van der Waals surface area contributed by atoms with E-state index in [0.29, 0.717) is 5.02 Å². The highest BCUT2D eigenvalue weighted by Gasteiger charge is 2.14. The van der Waals surface area contributed by atoms with Gasteiger partial charge >= 0.3 is 0 Å². The fraction of sp³-hybridized carbons (Fsp3) is 0.0769. The third kappa shape index (κ3) is 3.59. The van der Waals surface area contributed by atoms with Crippen molar-refractivity contribution in [3.05, 3.63) is 53.6 Å². The first-order valence-electron chi connectivity index (χ1n) is 5.19. The number of rotatable bonds is 4. The third-order valence-corrected chi connectivity index (χ3v) is 5.37. The van der Waals surface area contributed by atoms with Gasteiger partial charge in [0.2, 0.25) is 0 Å². The molecule has 0 aliphatic rings. The van der Waals surface area contributed by atoms with Crippen molar-refractivity contribution in [2.24, 2.45) is 0 Å². The predicted molar refractivity (Wildman–Crippen MR) is 76.7 cm³/mol.